The minimum Gasteiger partial charge on any atom is -0.495 e. The summed E-state index contributed by atoms with van der Waals surface area (Å²) in [5.74, 6) is 1.03. The molecule has 0 saturated heterocycles. The zero-order valence-corrected chi connectivity index (χ0v) is 8.79. The molecule has 2 rings (SSSR count). The zero-order chi connectivity index (χ0) is 9.97. The molecule has 1 aromatic rings. The molecule has 1 heteroatoms. The number of ether oxygens (including phenoxy) is 1. The Kier molecular flexibility index (Phi) is 2.58. The highest BCUT2D eigenvalue weighted by molar-refractivity contribution is 5.32. The lowest BCUT2D eigenvalue weighted by Gasteiger charge is -2.12. The van der Waals surface area contributed by atoms with Crippen LogP contribution in [0.4, 0.5) is 0 Å². The summed E-state index contributed by atoms with van der Waals surface area (Å²) in [5, 5.41) is 0. The molecule has 0 amide bonds. The molecule has 0 bridgehead atoms. The fourth-order valence-electron chi connectivity index (χ4n) is 1.93. The summed E-state index contributed by atoms with van der Waals surface area (Å²) in [7, 11) is 0. The Morgan fingerprint density at radius 2 is 1.86 bits per heavy atom. The molecule has 1 nitrogen and oxygen atoms in total. The Morgan fingerprint density at radius 3 is 2.36 bits per heavy atom. The number of hydrogen-bond acceptors (Lipinski definition) is 1. The Morgan fingerprint density at radius 1 is 1.29 bits per heavy atom. The lowest BCUT2D eigenvalue weighted by atomic mass is 10.1. The average molecular weight is 188 g/mol. The Bertz CT molecular complexity index is 327. The van der Waals surface area contributed by atoms with Gasteiger partial charge in [-0.3, -0.25) is 0 Å². The maximum atomic E-state index is 5.80. The quantitative estimate of drug-likeness (QED) is 0.648. The van der Waals surface area contributed by atoms with E-state index < -0.39 is 0 Å². The standard InChI is InChI=1S/C13H16O/c1-3-10(2)14-13-8-11-6-4-5-7-12(11)9-13/h3-7,13H,8-9H2,1-2H3/b10-3+. The summed E-state index contributed by atoms with van der Waals surface area (Å²) in [6.45, 7) is 4.03. The first-order chi connectivity index (χ1) is 6.79. The third-order valence-electron chi connectivity index (χ3n) is 2.77. The van der Waals surface area contributed by atoms with Crippen LogP contribution in [0.25, 0.3) is 0 Å². The van der Waals surface area contributed by atoms with Gasteiger partial charge < -0.3 is 4.74 Å². The van der Waals surface area contributed by atoms with Crippen molar-refractivity contribution in [3.8, 4) is 0 Å². The van der Waals surface area contributed by atoms with Gasteiger partial charge in [0.25, 0.3) is 0 Å². The van der Waals surface area contributed by atoms with Crippen LogP contribution in [0.3, 0.4) is 0 Å². The molecular formula is C13H16O. The second-order valence-electron chi connectivity index (χ2n) is 3.82. The van der Waals surface area contributed by atoms with Gasteiger partial charge >= 0.3 is 0 Å². The van der Waals surface area contributed by atoms with E-state index in [9.17, 15) is 0 Å². The summed E-state index contributed by atoms with van der Waals surface area (Å²) in [6, 6.07) is 8.60. The largest absolute Gasteiger partial charge is 0.495 e. The lowest BCUT2D eigenvalue weighted by molar-refractivity contribution is 0.126. The van der Waals surface area contributed by atoms with Crippen LogP contribution in [0.2, 0.25) is 0 Å². The van der Waals surface area contributed by atoms with Crippen molar-refractivity contribution in [3.63, 3.8) is 0 Å². The van der Waals surface area contributed by atoms with E-state index >= 15 is 0 Å². The van der Waals surface area contributed by atoms with Crippen LogP contribution in [0.1, 0.15) is 25.0 Å². The second-order valence-corrected chi connectivity index (χ2v) is 3.82. The van der Waals surface area contributed by atoms with E-state index in [4.69, 9.17) is 4.74 Å². The number of hydrogen-bond donors (Lipinski definition) is 0. The predicted octanol–water partition coefficient (Wildman–Crippen LogP) is 3.09. The molecule has 14 heavy (non-hydrogen) atoms. The molecule has 1 aromatic carbocycles. The number of allylic oxidation sites excluding steroid dienone is 2. The SMILES string of the molecule is C/C=C(\C)OC1Cc2ccccc2C1. The highest BCUT2D eigenvalue weighted by atomic mass is 16.5. The molecular weight excluding hydrogens is 172 g/mol. The summed E-state index contributed by atoms with van der Waals surface area (Å²) < 4.78 is 5.80. The molecule has 0 aliphatic heterocycles. The van der Waals surface area contributed by atoms with Crippen LogP contribution in [-0.2, 0) is 17.6 Å². The number of fused-ring (bicyclic) bond motifs is 1. The smallest absolute Gasteiger partial charge is 0.106 e. The highest BCUT2D eigenvalue weighted by Crippen LogP contribution is 2.24. The minimum atomic E-state index is 0.351. The first kappa shape index (κ1) is 9.32. The van der Waals surface area contributed by atoms with Gasteiger partial charge in [0.05, 0.1) is 5.76 Å². The molecule has 0 fully saturated rings. The van der Waals surface area contributed by atoms with Crippen LogP contribution >= 0.6 is 0 Å². The van der Waals surface area contributed by atoms with Gasteiger partial charge in [-0.25, -0.2) is 0 Å². The van der Waals surface area contributed by atoms with Crippen molar-refractivity contribution in [2.45, 2.75) is 32.8 Å². The first-order valence-corrected chi connectivity index (χ1v) is 5.16. The third-order valence-corrected chi connectivity index (χ3v) is 2.77. The maximum absolute atomic E-state index is 5.80. The average Bonchev–Trinajstić information content (AvgIpc) is 2.59. The van der Waals surface area contributed by atoms with Crippen molar-refractivity contribution in [1.82, 2.24) is 0 Å². The normalized spacial score (nSPS) is 16.9. The summed E-state index contributed by atoms with van der Waals surface area (Å²) in [4.78, 5) is 0. The van der Waals surface area contributed by atoms with Crippen LogP contribution in [0.15, 0.2) is 36.1 Å². The van der Waals surface area contributed by atoms with E-state index in [0.29, 0.717) is 6.10 Å². The van der Waals surface area contributed by atoms with Gasteiger partial charge in [-0.05, 0) is 31.1 Å². The lowest BCUT2D eigenvalue weighted by Crippen LogP contribution is -2.11. The monoisotopic (exact) mass is 188 g/mol. The van der Waals surface area contributed by atoms with Crippen molar-refractivity contribution in [2.75, 3.05) is 0 Å². The van der Waals surface area contributed by atoms with Gasteiger partial charge in [-0.2, -0.15) is 0 Å². The van der Waals surface area contributed by atoms with Gasteiger partial charge in [-0.1, -0.05) is 24.3 Å². The fourth-order valence-corrected chi connectivity index (χ4v) is 1.93. The van der Waals surface area contributed by atoms with E-state index in [0.717, 1.165) is 18.6 Å². The Balaban J connectivity index is 2.05. The van der Waals surface area contributed by atoms with Crippen molar-refractivity contribution in [3.05, 3.63) is 47.2 Å². The molecule has 0 spiro atoms. The highest BCUT2D eigenvalue weighted by Gasteiger charge is 2.21. The molecule has 0 unspecified atom stereocenters. The van der Waals surface area contributed by atoms with Crippen LogP contribution in [-0.4, -0.2) is 6.10 Å². The van der Waals surface area contributed by atoms with Crippen molar-refractivity contribution >= 4 is 0 Å². The van der Waals surface area contributed by atoms with Crippen LogP contribution in [0.5, 0.6) is 0 Å². The van der Waals surface area contributed by atoms with Gasteiger partial charge in [-0.15, -0.1) is 0 Å². The topological polar surface area (TPSA) is 9.23 Å². The van der Waals surface area contributed by atoms with Crippen molar-refractivity contribution < 1.29 is 4.74 Å². The van der Waals surface area contributed by atoms with Crippen molar-refractivity contribution in [1.29, 1.82) is 0 Å². The van der Waals surface area contributed by atoms with Crippen LogP contribution < -0.4 is 0 Å². The van der Waals surface area contributed by atoms with E-state index in [1.807, 2.05) is 19.9 Å². The molecule has 0 atom stereocenters. The molecule has 0 heterocycles. The minimum absolute atomic E-state index is 0.351. The molecule has 74 valence electrons. The zero-order valence-electron chi connectivity index (χ0n) is 8.79. The summed E-state index contributed by atoms with van der Waals surface area (Å²) >= 11 is 0. The summed E-state index contributed by atoms with van der Waals surface area (Å²) in [6.07, 6.45) is 4.48. The predicted molar refractivity (Wildman–Crippen MR) is 58.2 cm³/mol. The second kappa shape index (κ2) is 3.87. The fraction of sp³-hybridized carbons (Fsp3) is 0.385. The number of rotatable bonds is 2. The van der Waals surface area contributed by atoms with E-state index in [1.165, 1.54) is 11.1 Å². The molecule has 1 aliphatic rings. The van der Waals surface area contributed by atoms with E-state index in [-0.39, 0.29) is 0 Å². The molecule has 0 aromatic heterocycles. The van der Waals surface area contributed by atoms with Gasteiger partial charge in [0.15, 0.2) is 0 Å². The Hall–Kier alpha value is -1.24. The van der Waals surface area contributed by atoms with Crippen LogP contribution in [0, 0.1) is 0 Å². The van der Waals surface area contributed by atoms with Crippen molar-refractivity contribution in [2.24, 2.45) is 0 Å². The Labute approximate surface area is 85.4 Å². The van der Waals surface area contributed by atoms with E-state index in [2.05, 4.69) is 24.3 Å². The molecule has 0 radical (unpaired) electrons. The first-order valence-electron chi connectivity index (χ1n) is 5.16. The van der Waals surface area contributed by atoms with E-state index in [1.54, 1.807) is 0 Å². The maximum Gasteiger partial charge on any atom is 0.106 e. The number of benzene rings is 1. The van der Waals surface area contributed by atoms with Gasteiger partial charge in [0.2, 0.25) is 0 Å². The van der Waals surface area contributed by atoms with Gasteiger partial charge in [0.1, 0.15) is 6.10 Å². The van der Waals surface area contributed by atoms with Gasteiger partial charge in [0, 0.05) is 12.8 Å². The third kappa shape index (κ3) is 1.82. The molecule has 0 saturated carbocycles. The summed E-state index contributed by atoms with van der Waals surface area (Å²) in [5.41, 5.74) is 2.89. The molecule has 0 N–H and O–H groups in total. The molecule has 1 aliphatic carbocycles.